The van der Waals surface area contributed by atoms with Crippen LogP contribution in [-0.4, -0.2) is 25.5 Å². The molecular formula is C13H19ClN2O. The van der Waals surface area contributed by atoms with Crippen molar-refractivity contribution in [3.05, 3.63) is 35.4 Å². The van der Waals surface area contributed by atoms with Crippen LogP contribution in [0.2, 0.25) is 0 Å². The predicted molar refractivity (Wildman–Crippen MR) is 71.5 cm³/mol. The van der Waals surface area contributed by atoms with E-state index in [0.717, 1.165) is 25.2 Å². The molecule has 0 atom stereocenters. The first-order valence-electron chi connectivity index (χ1n) is 5.77. The van der Waals surface area contributed by atoms with Crippen LogP contribution in [0.5, 0.6) is 0 Å². The molecule has 2 rings (SSSR count). The Labute approximate surface area is 108 Å². The number of hydrogen-bond donors (Lipinski definition) is 2. The molecule has 1 aliphatic heterocycles. The third kappa shape index (κ3) is 4.36. The van der Waals surface area contributed by atoms with Gasteiger partial charge in [0.2, 0.25) is 5.91 Å². The second-order valence-electron chi connectivity index (χ2n) is 4.49. The first-order valence-corrected chi connectivity index (χ1v) is 5.77. The summed E-state index contributed by atoms with van der Waals surface area (Å²) in [6.07, 6.45) is 0.487. The van der Waals surface area contributed by atoms with Gasteiger partial charge in [-0.05, 0) is 12.5 Å². The van der Waals surface area contributed by atoms with E-state index in [1.165, 1.54) is 5.56 Å². The summed E-state index contributed by atoms with van der Waals surface area (Å²) in [5, 5.41) is 6.16. The number of hydrogen-bond acceptors (Lipinski definition) is 2. The van der Waals surface area contributed by atoms with Crippen LogP contribution in [-0.2, 0) is 11.2 Å². The van der Waals surface area contributed by atoms with E-state index in [9.17, 15) is 4.79 Å². The number of carbonyl (C=O) groups excluding carboxylic acids is 1. The lowest BCUT2D eigenvalue weighted by Crippen LogP contribution is -2.48. The van der Waals surface area contributed by atoms with Crippen molar-refractivity contribution in [2.24, 2.45) is 5.92 Å². The van der Waals surface area contributed by atoms with Gasteiger partial charge in [-0.1, -0.05) is 29.8 Å². The van der Waals surface area contributed by atoms with Crippen molar-refractivity contribution in [2.75, 3.05) is 19.6 Å². The van der Waals surface area contributed by atoms with E-state index in [2.05, 4.69) is 10.6 Å². The smallest absolute Gasteiger partial charge is 0.224 e. The molecular weight excluding hydrogens is 236 g/mol. The summed E-state index contributed by atoms with van der Waals surface area (Å²) in [5.74, 6) is 0.748. The Morgan fingerprint density at radius 3 is 2.53 bits per heavy atom. The second-order valence-corrected chi connectivity index (χ2v) is 4.49. The van der Waals surface area contributed by atoms with Gasteiger partial charge in [0.25, 0.3) is 0 Å². The Morgan fingerprint density at radius 2 is 2.00 bits per heavy atom. The summed E-state index contributed by atoms with van der Waals surface area (Å²) in [6, 6.07) is 8.11. The van der Waals surface area contributed by atoms with E-state index in [1.54, 1.807) is 0 Å². The van der Waals surface area contributed by atoms with E-state index in [4.69, 9.17) is 0 Å². The summed E-state index contributed by atoms with van der Waals surface area (Å²) in [5.41, 5.74) is 2.31. The number of nitrogens with one attached hydrogen (secondary N) is 2. The number of amides is 1. The van der Waals surface area contributed by atoms with Gasteiger partial charge in [0.1, 0.15) is 0 Å². The molecule has 1 saturated heterocycles. The molecule has 17 heavy (non-hydrogen) atoms. The van der Waals surface area contributed by atoms with Crippen LogP contribution < -0.4 is 10.6 Å². The zero-order chi connectivity index (χ0) is 11.4. The van der Waals surface area contributed by atoms with Crippen LogP contribution in [0.25, 0.3) is 0 Å². The first-order chi connectivity index (χ1) is 7.74. The zero-order valence-corrected chi connectivity index (χ0v) is 10.8. The number of rotatable bonds is 4. The summed E-state index contributed by atoms with van der Waals surface area (Å²) >= 11 is 0. The van der Waals surface area contributed by atoms with Crippen LogP contribution in [0, 0.1) is 12.8 Å². The molecule has 94 valence electrons. The summed E-state index contributed by atoms with van der Waals surface area (Å²) < 4.78 is 0. The predicted octanol–water partition coefficient (Wildman–Crippen LogP) is 1.29. The van der Waals surface area contributed by atoms with Crippen molar-refractivity contribution in [3.63, 3.8) is 0 Å². The summed E-state index contributed by atoms with van der Waals surface area (Å²) in [7, 11) is 0. The Kier molecular flexibility index (Phi) is 5.45. The Bertz CT molecular complexity index is 360. The van der Waals surface area contributed by atoms with E-state index in [-0.39, 0.29) is 18.3 Å². The van der Waals surface area contributed by atoms with Crippen LogP contribution in [0.4, 0.5) is 0 Å². The normalized spacial score (nSPS) is 14.6. The zero-order valence-electron chi connectivity index (χ0n) is 10.0. The second kappa shape index (κ2) is 6.62. The minimum absolute atomic E-state index is 0. The van der Waals surface area contributed by atoms with Gasteiger partial charge < -0.3 is 10.6 Å². The summed E-state index contributed by atoms with van der Waals surface area (Å²) in [4.78, 5) is 11.6. The summed E-state index contributed by atoms with van der Waals surface area (Å²) in [6.45, 7) is 4.92. The molecule has 0 spiro atoms. The quantitative estimate of drug-likeness (QED) is 0.850. The standard InChI is InChI=1S/C13H18N2O.ClH/c1-10-2-4-11(5-3-10)6-13(16)15-9-12-7-14-8-12;/h2-5,12,14H,6-9H2,1H3,(H,15,16);1H. The van der Waals surface area contributed by atoms with Crippen molar-refractivity contribution in [1.29, 1.82) is 0 Å². The molecule has 1 aliphatic rings. The highest BCUT2D eigenvalue weighted by Gasteiger charge is 2.16. The maximum absolute atomic E-state index is 11.6. The topological polar surface area (TPSA) is 41.1 Å². The molecule has 1 aromatic carbocycles. The van der Waals surface area contributed by atoms with Gasteiger partial charge >= 0.3 is 0 Å². The average molecular weight is 255 g/mol. The number of aryl methyl sites for hydroxylation is 1. The largest absolute Gasteiger partial charge is 0.355 e. The average Bonchev–Trinajstić information content (AvgIpc) is 2.19. The molecule has 2 N–H and O–H groups in total. The minimum Gasteiger partial charge on any atom is -0.355 e. The van der Waals surface area contributed by atoms with Gasteiger partial charge in [0, 0.05) is 25.6 Å². The van der Waals surface area contributed by atoms with Crippen LogP contribution in [0.3, 0.4) is 0 Å². The molecule has 0 saturated carbocycles. The van der Waals surface area contributed by atoms with Gasteiger partial charge in [-0.3, -0.25) is 4.79 Å². The molecule has 4 heteroatoms. The minimum atomic E-state index is 0. The van der Waals surface area contributed by atoms with Crippen LogP contribution in [0.15, 0.2) is 24.3 Å². The molecule has 0 radical (unpaired) electrons. The van der Waals surface area contributed by atoms with E-state index in [1.807, 2.05) is 31.2 Å². The Morgan fingerprint density at radius 1 is 1.35 bits per heavy atom. The van der Waals surface area contributed by atoms with Crippen molar-refractivity contribution < 1.29 is 4.79 Å². The third-order valence-electron chi connectivity index (χ3n) is 2.94. The maximum Gasteiger partial charge on any atom is 0.224 e. The fourth-order valence-corrected chi connectivity index (χ4v) is 1.70. The van der Waals surface area contributed by atoms with Crippen molar-refractivity contribution in [2.45, 2.75) is 13.3 Å². The van der Waals surface area contributed by atoms with Gasteiger partial charge in [0.15, 0.2) is 0 Å². The van der Waals surface area contributed by atoms with E-state index < -0.39 is 0 Å². The molecule has 1 amide bonds. The lowest BCUT2D eigenvalue weighted by atomic mass is 10.0. The van der Waals surface area contributed by atoms with Crippen molar-refractivity contribution in [3.8, 4) is 0 Å². The molecule has 1 fully saturated rings. The molecule has 0 aliphatic carbocycles. The fraction of sp³-hybridized carbons (Fsp3) is 0.462. The maximum atomic E-state index is 11.6. The van der Waals surface area contributed by atoms with Crippen molar-refractivity contribution >= 4 is 18.3 Å². The highest BCUT2D eigenvalue weighted by Crippen LogP contribution is 2.04. The van der Waals surface area contributed by atoms with Gasteiger partial charge in [-0.2, -0.15) is 0 Å². The molecule has 1 heterocycles. The Hall–Kier alpha value is -1.06. The lowest BCUT2D eigenvalue weighted by Gasteiger charge is -2.27. The lowest BCUT2D eigenvalue weighted by molar-refractivity contribution is -0.120. The molecule has 3 nitrogen and oxygen atoms in total. The fourth-order valence-electron chi connectivity index (χ4n) is 1.70. The first kappa shape index (κ1) is 14.0. The highest BCUT2D eigenvalue weighted by atomic mass is 35.5. The van der Waals surface area contributed by atoms with Crippen LogP contribution in [0.1, 0.15) is 11.1 Å². The van der Waals surface area contributed by atoms with E-state index >= 15 is 0 Å². The number of carbonyl (C=O) groups is 1. The van der Waals surface area contributed by atoms with Crippen molar-refractivity contribution in [1.82, 2.24) is 10.6 Å². The SMILES string of the molecule is Cc1ccc(CC(=O)NCC2CNC2)cc1.Cl. The molecule has 0 unspecified atom stereocenters. The number of halogens is 1. The third-order valence-corrected chi connectivity index (χ3v) is 2.94. The molecule has 0 bridgehead atoms. The molecule has 0 aromatic heterocycles. The Balaban J connectivity index is 0.00000144. The van der Waals surface area contributed by atoms with Gasteiger partial charge in [-0.25, -0.2) is 0 Å². The van der Waals surface area contributed by atoms with Gasteiger partial charge in [-0.15, -0.1) is 12.4 Å². The highest BCUT2D eigenvalue weighted by molar-refractivity contribution is 5.85. The van der Waals surface area contributed by atoms with Gasteiger partial charge in [0.05, 0.1) is 6.42 Å². The molecule has 1 aromatic rings. The van der Waals surface area contributed by atoms with Crippen LogP contribution >= 0.6 is 12.4 Å². The monoisotopic (exact) mass is 254 g/mol. The number of benzene rings is 1. The van der Waals surface area contributed by atoms with E-state index in [0.29, 0.717) is 12.3 Å².